The van der Waals surface area contributed by atoms with Crippen LogP contribution in [0, 0.1) is 12.9 Å². The highest BCUT2D eigenvalue weighted by Gasteiger charge is 2.23. The fraction of sp³-hybridized carbons (Fsp3) is 0.444. The van der Waals surface area contributed by atoms with Crippen LogP contribution >= 0.6 is 0 Å². The van der Waals surface area contributed by atoms with Crippen LogP contribution in [0.25, 0.3) is 11.3 Å². The molecule has 1 fully saturated rings. The largest absolute Gasteiger partial charge is 0.332 e. The van der Waals surface area contributed by atoms with Crippen molar-refractivity contribution >= 4 is 11.6 Å². The Balaban J connectivity index is 1.47. The SMILES string of the molecule is Cc1c(C2=CCN(C(=O)NN3CCCC3)CC2)nnn1-c1cccnc1F. The number of hydrogen-bond acceptors (Lipinski definition) is 5. The second kappa shape index (κ2) is 7.43. The van der Waals surface area contributed by atoms with E-state index in [0.29, 0.717) is 19.5 Å². The average Bonchev–Trinajstić information content (AvgIpc) is 3.32. The molecule has 0 radical (unpaired) electrons. The highest BCUT2D eigenvalue weighted by molar-refractivity contribution is 5.76. The van der Waals surface area contributed by atoms with E-state index in [0.717, 1.165) is 42.9 Å². The maximum absolute atomic E-state index is 13.9. The molecule has 2 aliphatic heterocycles. The van der Waals surface area contributed by atoms with E-state index < -0.39 is 5.95 Å². The van der Waals surface area contributed by atoms with Gasteiger partial charge in [0.05, 0.1) is 5.69 Å². The molecule has 0 bridgehead atoms. The lowest BCUT2D eigenvalue weighted by molar-refractivity contribution is 0.163. The number of hydrazine groups is 1. The number of pyridine rings is 1. The zero-order valence-corrected chi connectivity index (χ0v) is 15.2. The third-order valence-electron chi connectivity index (χ3n) is 5.02. The molecule has 2 aromatic heterocycles. The first-order valence-electron chi connectivity index (χ1n) is 9.16. The van der Waals surface area contributed by atoms with E-state index in [1.165, 1.54) is 10.9 Å². The van der Waals surface area contributed by atoms with Crippen molar-refractivity contribution < 1.29 is 9.18 Å². The minimum absolute atomic E-state index is 0.0648. The first kappa shape index (κ1) is 17.6. The number of amides is 2. The number of rotatable bonds is 3. The highest BCUT2D eigenvalue weighted by atomic mass is 19.1. The first-order chi connectivity index (χ1) is 13.1. The second-order valence-corrected chi connectivity index (χ2v) is 6.79. The molecular weight excluding hydrogens is 349 g/mol. The maximum Gasteiger partial charge on any atom is 0.332 e. The third-order valence-corrected chi connectivity index (χ3v) is 5.02. The van der Waals surface area contributed by atoms with Gasteiger partial charge in [0, 0.05) is 32.4 Å². The fourth-order valence-electron chi connectivity index (χ4n) is 3.49. The average molecular weight is 371 g/mol. The van der Waals surface area contributed by atoms with Gasteiger partial charge in [0.2, 0.25) is 5.95 Å². The van der Waals surface area contributed by atoms with Crippen LogP contribution in [0.3, 0.4) is 0 Å². The van der Waals surface area contributed by atoms with Gasteiger partial charge < -0.3 is 4.90 Å². The number of hydrogen-bond donors (Lipinski definition) is 1. The molecule has 9 heteroatoms. The molecule has 0 unspecified atom stereocenters. The molecule has 8 nitrogen and oxygen atoms in total. The van der Waals surface area contributed by atoms with E-state index in [4.69, 9.17) is 0 Å². The zero-order chi connectivity index (χ0) is 18.8. The summed E-state index contributed by atoms with van der Waals surface area (Å²) in [6, 6.07) is 3.22. The number of carbonyl (C=O) groups excluding carboxylic acids is 1. The summed E-state index contributed by atoms with van der Waals surface area (Å²) in [6.07, 6.45) is 6.32. The molecule has 142 valence electrons. The van der Waals surface area contributed by atoms with Crippen LogP contribution in [-0.2, 0) is 0 Å². The van der Waals surface area contributed by atoms with Gasteiger partial charge in [0.15, 0.2) is 0 Å². The first-order valence-corrected chi connectivity index (χ1v) is 9.16. The highest BCUT2D eigenvalue weighted by Crippen LogP contribution is 2.25. The van der Waals surface area contributed by atoms with Crippen molar-refractivity contribution in [2.45, 2.75) is 26.2 Å². The maximum atomic E-state index is 13.9. The Labute approximate surface area is 156 Å². The molecule has 1 saturated heterocycles. The van der Waals surface area contributed by atoms with Gasteiger partial charge in [-0.05, 0) is 43.9 Å². The predicted molar refractivity (Wildman–Crippen MR) is 97.4 cm³/mol. The number of halogens is 1. The summed E-state index contributed by atoms with van der Waals surface area (Å²) in [6.45, 7) is 4.80. The number of aromatic nitrogens is 4. The Morgan fingerprint density at radius 1 is 1.26 bits per heavy atom. The number of urea groups is 1. The Morgan fingerprint density at radius 2 is 2.07 bits per heavy atom. The van der Waals surface area contributed by atoms with Crippen molar-refractivity contribution in [3.63, 3.8) is 0 Å². The Hall–Kier alpha value is -2.81. The van der Waals surface area contributed by atoms with Crippen LogP contribution in [0.4, 0.5) is 9.18 Å². The van der Waals surface area contributed by atoms with E-state index in [1.807, 2.05) is 18.0 Å². The molecule has 2 aliphatic rings. The van der Waals surface area contributed by atoms with Crippen molar-refractivity contribution in [3.05, 3.63) is 41.7 Å². The van der Waals surface area contributed by atoms with Gasteiger partial charge in [-0.1, -0.05) is 11.3 Å². The summed E-state index contributed by atoms with van der Waals surface area (Å²) in [7, 11) is 0. The molecular formula is C18H22FN7O. The van der Waals surface area contributed by atoms with E-state index in [1.54, 1.807) is 17.0 Å². The van der Waals surface area contributed by atoms with Crippen molar-refractivity contribution in [3.8, 4) is 5.69 Å². The molecule has 0 spiro atoms. The Morgan fingerprint density at radius 3 is 2.78 bits per heavy atom. The predicted octanol–water partition coefficient (Wildman–Crippen LogP) is 1.92. The topological polar surface area (TPSA) is 79.2 Å². The van der Waals surface area contributed by atoms with Crippen LogP contribution in [0.15, 0.2) is 24.4 Å². The quantitative estimate of drug-likeness (QED) is 0.834. The van der Waals surface area contributed by atoms with Crippen molar-refractivity contribution in [2.75, 3.05) is 26.2 Å². The Kier molecular flexibility index (Phi) is 4.85. The fourth-order valence-corrected chi connectivity index (χ4v) is 3.49. The molecule has 0 atom stereocenters. The molecule has 2 amide bonds. The molecule has 4 rings (SSSR count). The van der Waals surface area contributed by atoms with Crippen molar-refractivity contribution in [1.29, 1.82) is 0 Å². The molecule has 0 aromatic carbocycles. The van der Waals surface area contributed by atoms with Crippen LogP contribution in [0.1, 0.15) is 30.7 Å². The van der Waals surface area contributed by atoms with E-state index in [2.05, 4.69) is 20.7 Å². The normalized spacial score (nSPS) is 17.9. The van der Waals surface area contributed by atoms with E-state index in [9.17, 15) is 9.18 Å². The lowest BCUT2D eigenvalue weighted by atomic mass is 10.0. The van der Waals surface area contributed by atoms with E-state index >= 15 is 0 Å². The van der Waals surface area contributed by atoms with Crippen LogP contribution < -0.4 is 5.43 Å². The smallest absolute Gasteiger partial charge is 0.320 e. The van der Waals surface area contributed by atoms with Gasteiger partial charge in [-0.25, -0.2) is 19.5 Å². The minimum atomic E-state index is -0.584. The van der Waals surface area contributed by atoms with Crippen LogP contribution in [0.2, 0.25) is 0 Å². The lowest BCUT2D eigenvalue weighted by Crippen LogP contribution is -2.49. The summed E-state index contributed by atoms with van der Waals surface area (Å²) in [5.41, 5.74) is 5.74. The summed E-state index contributed by atoms with van der Waals surface area (Å²) >= 11 is 0. The lowest BCUT2D eigenvalue weighted by Gasteiger charge is -2.28. The molecule has 4 heterocycles. The summed E-state index contributed by atoms with van der Waals surface area (Å²) in [5, 5.41) is 10.3. The van der Waals surface area contributed by atoms with Gasteiger partial charge in [0.25, 0.3) is 0 Å². The molecule has 1 N–H and O–H groups in total. The van der Waals surface area contributed by atoms with Crippen LogP contribution in [-0.4, -0.2) is 62.1 Å². The minimum Gasteiger partial charge on any atom is -0.320 e. The molecule has 27 heavy (non-hydrogen) atoms. The summed E-state index contributed by atoms with van der Waals surface area (Å²) in [4.78, 5) is 17.8. The van der Waals surface area contributed by atoms with Gasteiger partial charge in [-0.2, -0.15) is 4.39 Å². The summed E-state index contributed by atoms with van der Waals surface area (Å²) in [5.74, 6) is -0.584. The number of nitrogens with zero attached hydrogens (tertiary/aromatic N) is 6. The standard InChI is InChI=1S/C18H22FN7O/c1-13-16(21-23-26(13)15-5-4-8-20-17(15)19)14-6-11-24(12-7-14)18(27)22-25-9-2-3-10-25/h4-6,8H,2-3,7,9-12H2,1H3,(H,22,27). The zero-order valence-electron chi connectivity index (χ0n) is 15.2. The monoisotopic (exact) mass is 371 g/mol. The molecule has 2 aromatic rings. The van der Waals surface area contributed by atoms with Crippen molar-refractivity contribution in [1.82, 2.24) is 35.3 Å². The van der Waals surface area contributed by atoms with E-state index in [-0.39, 0.29) is 11.7 Å². The van der Waals surface area contributed by atoms with Gasteiger partial charge in [-0.15, -0.1) is 5.10 Å². The molecule has 0 aliphatic carbocycles. The van der Waals surface area contributed by atoms with Crippen molar-refractivity contribution in [2.24, 2.45) is 0 Å². The molecule has 0 saturated carbocycles. The summed E-state index contributed by atoms with van der Waals surface area (Å²) < 4.78 is 15.4. The van der Waals surface area contributed by atoms with Gasteiger partial charge in [-0.3, -0.25) is 5.43 Å². The third kappa shape index (κ3) is 3.55. The van der Waals surface area contributed by atoms with Gasteiger partial charge >= 0.3 is 6.03 Å². The second-order valence-electron chi connectivity index (χ2n) is 6.79. The Bertz CT molecular complexity index is 872. The van der Waals surface area contributed by atoms with Crippen LogP contribution in [0.5, 0.6) is 0 Å². The van der Waals surface area contributed by atoms with Gasteiger partial charge in [0.1, 0.15) is 11.4 Å². The number of carbonyl (C=O) groups is 1. The number of nitrogens with one attached hydrogen (secondary N) is 1.